The number of anilines is 1. The summed E-state index contributed by atoms with van der Waals surface area (Å²) in [5, 5.41) is 9.92. The second-order valence-corrected chi connectivity index (χ2v) is 5.65. The van der Waals surface area contributed by atoms with Gasteiger partial charge in [-0.2, -0.15) is 0 Å². The van der Waals surface area contributed by atoms with Gasteiger partial charge in [0.1, 0.15) is 11.1 Å². The molecule has 2 heterocycles. The number of carboxylic acids is 1. The number of amides is 1. The Morgan fingerprint density at radius 3 is 2.81 bits per heavy atom. The Kier molecular flexibility index (Phi) is 3.39. The summed E-state index contributed by atoms with van der Waals surface area (Å²) in [5.41, 5.74) is 1.02. The molecule has 0 radical (unpaired) electrons. The first kappa shape index (κ1) is 13.6. The summed E-state index contributed by atoms with van der Waals surface area (Å²) in [6, 6.07) is 9.61. The zero-order valence-corrected chi connectivity index (χ0v) is 12.0. The standard InChI is InChI=1S/C15H12N2O3S/c1-9(15(19)20)17-11-6-4-8-16-13(11)21-12-7-3-2-5-10(12)14(17)18/h2-9H,1H3,(H,19,20). The number of hydrogen-bond acceptors (Lipinski definition) is 4. The third-order valence-electron chi connectivity index (χ3n) is 3.30. The number of rotatable bonds is 2. The van der Waals surface area contributed by atoms with Gasteiger partial charge >= 0.3 is 5.97 Å². The van der Waals surface area contributed by atoms with E-state index in [0.29, 0.717) is 16.3 Å². The van der Waals surface area contributed by atoms with Crippen molar-refractivity contribution in [1.29, 1.82) is 0 Å². The Bertz CT molecular complexity index is 732. The van der Waals surface area contributed by atoms with Crippen molar-refractivity contribution in [3.8, 4) is 0 Å². The number of nitrogens with zero attached hydrogens (tertiary/aromatic N) is 2. The zero-order valence-electron chi connectivity index (χ0n) is 11.2. The minimum atomic E-state index is -1.05. The first-order chi connectivity index (χ1) is 10.1. The van der Waals surface area contributed by atoms with Gasteiger partial charge in [0.2, 0.25) is 0 Å². The molecule has 2 aromatic rings. The lowest BCUT2D eigenvalue weighted by molar-refractivity contribution is -0.138. The van der Waals surface area contributed by atoms with Crippen LogP contribution in [0, 0.1) is 0 Å². The molecule has 1 aliphatic rings. The Labute approximate surface area is 125 Å². The topological polar surface area (TPSA) is 70.5 Å². The Balaban J connectivity index is 2.23. The molecule has 5 nitrogen and oxygen atoms in total. The number of carboxylic acid groups (broad SMARTS) is 1. The van der Waals surface area contributed by atoms with E-state index in [4.69, 9.17) is 0 Å². The molecule has 1 aliphatic heterocycles. The van der Waals surface area contributed by atoms with Gasteiger partial charge in [-0.3, -0.25) is 9.69 Å². The minimum Gasteiger partial charge on any atom is -0.480 e. The fraction of sp³-hybridized carbons (Fsp3) is 0.133. The third kappa shape index (κ3) is 2.27. The number of aromatic nitrogens is 1. The molecule has 0 saturated carbocycles. The van der Waals surface area contributed by atoms with E-state index < -0.39 is 12.0 Å². The average Bonchev–Trinajstić information content (AvgIpc) is 2.61. The minimum absolute atomic E-state index is 0.320. The molecule has 0 saturated heterocycles. The summed E-state index contributed by atoms with van der Waals surface area (Å²) in [7, 11) is 0. The normalized spacial score (nSPS) is 14.9. The molecule has 0 spiro atoms. The summed E-state index contributed by atoms with van der Waals surface area (Å²) in [6.45, 7) is 1.50. The molecule has 1 aromatic carbocycles. The van der Waals surface area contributed by atoms with Crippen LogP contribution in [0.25, 0.3) is 0 Å². The number of benzene rings is 1. The number of aliphatic carboxylic acids is 1. The van der Waals surface area contributed by atoms with Gasteiger partial charge < -0.3 is 5.11 Å². The van der Waals surface area contributed by atoms with Crippen LogP contribution in [-0.2, 0) is 4.79 Å². The molecule has 0 bridgehead atoms. The van der Waals surface area contributed by atoms with Crippen molar-refractivity contribution in [3.05, 3.63) is 48.2 Å². The van der Waals surface area contributed by atoms with E-state index >= 15 is 0 Å². The van der Waals surface area contributed by atoms with Crippen molar-refractivity contribution in [2.75, 3.05) is 4.90 Å². The van der Waals surface area contributed by atoms with Crippen LogP contribution in [0.5, 0.6) is 0 Å². The van der Waals surface area contributed by atoms with Gasteiger partial charge in [-0.1, -0.05) is 23.9 Å². The molecular formula is C15H12N2O3S. The smallest absolute Gasteiger partial charge is 0.326 e. The van der Waals surface area contributed by atoms with Gasteiger partial charge in [0.25, 0.3) is 5.91 Å². The highest BCUT2D eigenvalue weighted by atomic mass is 32.2. The number of hydrogen-bond donors (Lipinski definition) is 1. The highest BCUT2D eigenvalue weighted by molar-refractivity contribution is 7.99. The van der Waals surface area contributed by atoms with Crippen LogP contribution in [0.3, 0.4) is 0 Å². The van der Waals surface area contributed by atoms with Crippen LogP contribution in [-0.4, -0.2) is 28.0 Å². The Morgan fingerprint density at radius 2 is 2.05 bits per heavy atom. The second kappa shape index (κ2) is 5.21. The SMILES string of the molecule is CC(C(=O)O)N1C(=O)c2ccccc2Sc2ncccc21. The summed E-state index contributed by atoms with van der Waals surface area (Å²) >= 11 is 1.37. The first-order valence-corrected chi connectivity index (χ1v) is 7.19. The molecule has 1 amide bonds. The molecule has 3 rings (SSSR count). The summed E-state index contributed by atoms with van der Waals surface area (Å²) in [6.07, 6.45) is 1.63. The van der Waals surface area contributed by atoms with Crippen LogP contribution in [0.4, 0.5) is 5.69 Å². The van der Waals surface area contributed by atoms with Crippen LogP contribution in [0.1, 0.15) is 17.3 Å². The number of carbonyl (C=O) groups is 2. The van der Waals surface area contributed by atoms with Gasteiger partial charge in [-0.15, -0.1) is 0 Å². The molecule has 1 aromatic heterocycles. The van der Waals surface area contributed by atoms with Crippen molar-refractivity contribution < 1.29 is 14.7 Å². The highest BCUT2D eigenvalue weighted by Gasteiger charge is 2.33. The van der Waals surface area contributed by atoms with Crippen LogP contribution >= 0.6 is 11.8 Å². The van der Waals surface area contributed by atoms with Gasteiger partial charge in [-0.25, -0.2) is 9.78 Å². The quantitative estimate of drug-likeness (QED) is 0.923. The lowest BCUT2D eigenvalue weighted by atomic mass is 10.1. The summed E-state index contributed by atoms with van der Waals surface area (Å²) in [5.74, 6) is -1.37. The van der Waals surface area contributed by atoms with Crippen LogP contribution in [0.2, 0.25) is 0 Å². The van der Waals surface area contributed by atoms with Gasteiger partial charge in [0.05, 0.1) is 11.3 Å². The monoisotopic (exact) mass is 300 g/mol. The third-order valence-corrected chi connectivity index (χ3v) is 4.38. The maximum absolute atomic E-state index is 12.8. The molecular weight excluding hydrogens is 288 g/mol. The largest absolute Gasteiger partial charge is 0.480 e. The van der Waals surface area contributed by atoms with Crippen molar-refractivity contribution in [1.82, 2.24) is 4.98 Å². The lowest BCUT2D eigenvalue weighted by Gasteiger charge is -2.26. The summed E-state index contributed by atoms with van der Waals surface area (Å²) in [4.78, 5) is 30.5. The van der Waals surface area contributed by atoms with E-state index in [1.165, 1.54) is 23.6 Å². The molecule has 106 valence electrons. The van der Waals surface area contributed by atoms with Crippen LogP contribution in [0.15, 0.2) is 52.5 Å². The zero-order chi connectivity index (χ0) is 15.0. The van der Waals surface area contributed by atoms with E-state index in [0.717, 1.165) is 4.90 Å². The first-order valence-electron chi connectivity index (χ1n) is 6.38. The highest BCUT2D eigenvalue weighted by Crippen LogP contribution is 2.40. The Morgan fingerprint density at radius 1 is 1.29 bits per heavy atom. The lowest BCUT2D eigenvalue weighted by Crippen LogP contribution is -2.43. The van der Waals surface area contributed by atoms with Gasteiger partial charge in [0.15, 0.2) is 0 Å². The molecule has 0 aliphatic carbocycles. The van der Waals surface area contributed by atoms with E-state index in [1.807, 2.05) is 12.1 Å². The average molecular weight is 300 g/mol. The Hall–Kier alpha value is -2.34. The van der Waals surface area contributed by atoms with E-state index in [9.17, 15) is 14.7 Å². The van der Waals surface area contributed by atoms with Crippen molar-refractivity contribution in [2.24, 2.45) is 0 Å². The number of fused-ring (bicyclic) bond motifs is 2. The van der Waals surface area contributed by atoms with Gasteiger partial charge in [0, 0.05) is 11.1 Å². The number of carbonyl (C=O) groups excluding carboxylic acids is 1. The van der Waals surface area contributed by atoms with Gasteiger partial charge in [-0.05, 0) is 31.2 Å². The van der Waals surface area contributed by atoms with Crippen molar-refractivity contribution in [2.45, 2.75) is 22.9 Å². The molecule has 1 atom stereocenters. The maximum Gasteiger partial charge on any atom is 0.326 e. The van der Waals surface area contributed by atoms with E-state index in [-0.39, 0.29) is 5.91 Å². The van der Waals surface area contributed by atoms with E-state index in [2.05, 4.69) is 4.98 Å². The van der Waals surface area contributed by atoms with Crippen molar-refractivity contribution >= 4 is 29.3 Å². The number of pyridine rings is 1. The van der Waals surface area contributed by atoms with Crippen molar-refractivity contribution in [3.63, 3.8) is 0 Å². The fourth-order valence-electron chi connectivity index (χ4n) is 2.21. The second-order valence-electron chi connectivity index (χ2n) is 4.62. The maximum atomic E-state index is 12.8. The summed E-state index contributed by atoms with van der Waals surface area (Å²) < 4.78 is 0. The molecule has 0 fully saturated rings. The predicted molar refractivity (Wildman–Crippen MR) is 78.7 cm³/mol. The molecule has 1 unspecified atom stereocenters. The fourth-order valence-corrected chi connectivity index (χ4v) is 3.22. The molecule has 21 heavy (non-hydrogen) atoms. The molecule has 1 N–H and O–H groups in total. The van der Waals surface area contributed by atoms with Crippen LogP contribution < -0.4 is 4.90 Å². The van der Waals surface area contributed by atoms with E-state index in [1.54, 1.807) is 30.5 Å². The molecule has 6 heteroatoms. The predicted octanol–water partition coefficient (Wildman–Crippen LogP) is 2.67.